The van der Waals surface area contributed by atoms with E-state index in [1.807, 2.05) is 62.4 Å². The van der Waals surface area contributed by atoms with E-state index in [0.717, 1.165) is 22.7 Å². The summed E-state index contributed by atoms with van der Waals surface area (Å²) in [4.78, 5) is 12.7. The zero-order valence-electron chi connectivity index (χ0n) is 17.7. The molecule has 0 spiro atoms. The molecular formula is C25H17F2N5Pt. The number of benzene rings is 1. The van der Waals surface area contributed by atoms with Crippen molar-refractivity contribution in [2.24, 2.45) is 0 Å². The minimum Gasteiger partial charge on any atom is -0.573 e. The number of hydrogen-bond donors (Lipinski definition) is 0. The van der Waals surface area contributed by atoms with E-state index in [9.17, 15) is 8.78 Å². The van der Waals surface area contributed by atoms with Gasteiger partial charge in [0, 0.05) is 16.6 Å². The Morgan fingerprint density at radius 3 is 2.21 bits per heavy atom. The van der Waals surface area contributed by atoms with Crippen LogP contribution in [0.3, 0.4) is 0 Å². The SMILES string of the molecule is CC(C)(c1cccc(-c2[c-]cc(F)nc2F)n1)c1cccc(-c2[n-]nc3ccccc23)n1.[Pt+2]. The van der Waals surface area contributed by atoms with Crippen LogP contribution in [0.15, 0.2) is 66.7 Å². The van der Waals surface area contributed by atoms with Gasteiger partial charge < -0.3 is 15.2 Å². The van der Waals surface area contributed by atoms with E-state index in [0.29, 0.717) is 22.8 Å². The van der Waals surface area contributed by atoms with Crippen molar-refractivity contribution in [3.8, 4) is 22.6 Å². The predicted octanol–water partition coefficient (Wildman–Crippen LogP) is 5.11. The van der Waals surface area contributed by atoms with Crippen LogP contribution in [0.1, 0.15) is 25.2 Å². The molecule has 5 nitrogen and oxygen atoms in total. The maximum Gasteiger partial charge on any atom is 2.00 e. The molecule has 0 aliphatic heterocycles. The van der Waals surface area contributed by atoms with Crippen LogP contribution >= 0.6 is 0 Å². The van der Waals surface area contributed by atoms with Gasteiger partial charge >= 0.3 is 21.1 Å². The second-order valence-electron chi connectivity index (χ2n) is 7.90. The topological polar surface area (TPSA) is 65.7 Å². The standard InChI is InChI=1S/C25H17F2N5.Pt/c1-25(2,20-11-5-9-17(28-20)16-13-14-22(26)30-24(16)27)21-12-6-10-19(29-21)23-15-7-3-4-8-18(15)31-32-23;/h3-12,14H,1-2H3;/q-2;+2. The van der Waals surface area contributed by atoms with Crippen LogP contribution in [0.5, 0.6) is 0 Å². The molecule has 4 aromatic heterocycles. The number of fused-ring (bicyclic) bond motifs is 1. The summed E-state index contributed by atoms with van der Waals surface area (Å²) in [5.74, 6) is -1.87. The molecule has 0 amide bonds. The molecule has 33 heavy (non-hydrogen) atoms. The molecule has 4 heterocycles. The number of nitrogens with zero attached hydrogens (tertiary/aromatic N) is 5. The van der Waals surface area contributed by atoms with Crippen molar-refractivity contribution in [1.82, 2.24) is 25.1 Å². The predicted molar refractivity (Wildman–Crippen MR) is 117 cm³/mol. The van der Waals surface area contributed by atoms with Crippen LogP contribution in [0.25, 0.3) is 33.5 Å². The van der Waals surface area contributed by atoms with Crippen LogP contribution < -0.4 is 5.10 Å². The average molecular weight is 621 g/mol. The molecule has 8 heteroatoms. The van der Waals surface area contributed by atoms with Gasteiger partial charge in [-0.3, -0.25) is 9.97 Å². The normalized spacial score (nSPS) is 11.4. The molecule has 5 aromatic rings. The van der Waals surface area contributed by atoms with Gasteiger partial charge in [-0.05, 0) is 49.2 Å². The van der Waals surface area contributed by atoms with E-state index < -0.39 is 17.3 Å². The van der Waals surface area contributed by atoms with Crippen LogP contribution in [0.4, 0.5) is 8.78 Å². The summed E-state index contributed by atoms with van der Waals surface area (Å²) < 4.78 is 27.4. The molecule has 0 saturated carbocycles. The first-order chi connectivity index (χ1) is 15.4. The third-order valence-electron chi connectivity index (χ3n) is 5.44. The molecule has 0 unspecified atom stereocenters. The van der Waals surface area contributed by atoms with Gasteiger partial charge in [0.25, 0.3) is 0 Å². The molecule has 166 valence electrons. The summed E-state index contributed by atoms with van der Waals surface area (Å²) in [6, 6.07) is 22.3. The van der Waals surface area contributed by atoms with E-state index in [2.05, 4.69) is 26.2 Å². The minimum atomic E-state index is -0.950. The van der Waals surface area contributed by atoms with Gasteiger partial charge in [-0.1, -0.05) is 53.7 Å². The van der Waals surface area contributed by atoms with Gasteiger partial charge in [-0.2, -0.15) is 0 Å². The van der Waals surface area contributed by atoms with Crippen molar-refractivity contribution in [1.29, 1.82) is 0 Å². The Labute approximate surface area is 203 Å². The summed E-state index contributed by atoms with van der Waals surface area (Å²) in [6.07, 6.45) is 0. The maximum absolute atomic E-state index is 14.2. The van der Waals surface area contributed by atoms with Gasteiger partial charge in [0.05, 0.1) is 11.4 Å². The molecule has 0 aliphatic carbocycles. The summed E-state index contributed by atoms with van der Waals surface area (Å²) in [7, 11) is 0. The fourth-order valence-corrected chi connectivity index (χ4v) is 3.63. The summed E-state index contributed by atoms with van der Waals surface area (Å²) in [5, 5.41) is 9.49. The van der Waals surface area contributed by atoms with Crippen LogP contribution in [-0.4, -0.2) is 20.1 Å². The van der Waals surface area contributed by atoms with E-state index in [1.54, 1.807) is 12.1 Å². The van der Waals surface area contributed by atoms with Crippen molar-refractivity contribution < 1.29 is 29.8 Å². The molecule has 0 bridgehead atoms. The molecule has 0 atom stereocenters. The Hall–Kier alpha value is -3.31. The van der Waals surface area contributed by atoms with Crippen molar-refractivity contribution >= 4 is 10.9 Å². The smallest absolute Gasteiger partial charge is 0.573 e. The van der Waals surface area contributed by atoms with Crippen molar-refractivity contribution in [3.63, 3.8) is 0 Å². The number of halogens is 2. The van der Waals surface area contributed by atoms with Gasteiger partial charge in [-0.15, -0.1) is 6.07 Å². The second-order valence-corrected chi connectivity index (χ2v) is 7.90. The van der Waals surface area contributed by atoms with Crippen molar-refractivity contribution in [2.75, 3.05) is 0 Å². The monoisotopic (exact) mass is 620 g/mol. The molecule has 0 radical (unpaired) electrons. The Morgan fingerprint density at radius 1 is 0.818 bits per heavy atom. The van der Waals surface area contributed by atoms with E-state index in [4.69, 9.17) is 4.98 Å². The molecule has 0 fully saturated rings. The molecule has 1 aromatic carbocycles. The molecular weight excluding hydrogens is 603 g/mol. The number of pyridine rings is 3. The third-order valence-corrected chi connectivity index (χ3v) is 5.44. The maximum atomic E-state index is 14.2. The van der Waals surface area contributed by atoms with Crippen LogP contribution in [-0.2, 0) is 26.5 Å². The van der Waals surface area contributed by atoms with Gasteiger partial charge in [0.2, 0.25) is 0 Å². The first kappa shape index (κ1) is 22.9. The summed E-state index contributed by atoms with van der Waals surface area (Å²) >= 11 is 0. The quantitative estimate of drug-likeness (QED) is 0.207. The number of rotatable bonds is 4. The van der Waals surface area contributed by atoms with Gasteiger partial charge in [0.1, 0.15) is 11.9 Å². The molecule has 0 N–H and O–H groups in total. The van der Waals surface area contributed by atoms with E-state index in [-0.39, 0.29) is 26.6 Å². The van der Waals surface area contributed by atoms with E-state index >= 15 is 0 Å². The Morgan fingerprint density at radius 2 is 1.48 bits per heavy atom. The van der Waals surface area contributed by atoms with Gasteiger partial charge in [0.15, 0.2) is 0 Å². The second kappa shape index (κ2) is 8.91. The first-order valence-electron chi connectivity index (χ1n) is 10.0. The van der Waals surface area contributed by atoms with Crippen LogP contribution in [0, 0.1) is 18.0 Å². The van der Waals surface area contributed by atoms with Crippen molar-refractivity contribution in [2.45, 2.75) is 19.3 Å². The minimum absolute atomic E-state index is 0. The van der Waals surface area contributed by atoms with Gasteiger partial charge in [-0.25, -0.2) is 8.78 Å². The zero-order chi connectivity index (χ0) is 22.3. The number of aromatic nitrogens is 5. The number of hydrogen-bond acceptors (Lipinski definition) is 4. The van der Waals surface area contributed by atoms with Crippen LogP contribution in [0.2, 0.25) is 0 Å². The summed E-state index contributed by atoms with van der Waals surface area (Å²) in [6.45, 7) is 3.98. The molecule has 0 saturated heterocycles. The Kier molecular flexibility index (Phi) is 6.17. The molecule has 5 rings (SSSR count). The van der Waals surface area contributed by atoms with Crippen molar-refractivity contribution in [3.05, 3.63) is 96.1 Å². The average Bonchev–Trinajstić information content (AvgIpc) is 3.23. The largest absolute Gasteiger partial charge is 2.00 e. The Bertz CT molecular complexity index is 1450. The Balaban J connectivity index is 0.00000259. The fraction of sp³-hybridized carbons (Fsp3) is 0.120. The zero-order valence-corrected chi connectivity index (χ0v) is 19.9. The fourth-order valence-electron chi connectivity index (χ4n) is 3.63. The summed E-state index contributed by atoms with van der Waals surface area (Å²) in [5.41, 5.74) is 3.43. The first-order valence-corrected chi connectivity index (χ1v) is 10.0. The molecule has 0 aliphatic rings. The third kappa shape index (κ3) is 4.21. The van der Waals surface area contributed by atoms with E-state index in [1.165, 1.54) is 0 Å².